The summed E-state index contributed by atoms with van der Waals surface area (Å²) in [4.78, 5) is 16.2. The molecule has 6 rings (SSSR count). The van der Waals surface area contributed by atoms with Gasteiger partial charge in [0.25, 0.3) is 0 Å². The zero-order chi connectivity index (χ0) is 22.0. The summed E-state index contributed by atoms with van der Waals surface area (Å²) >= 11 is 0. The Morgan fingerprint density at radius 1 is 0.750 bits per heavy atom. The predicted octanol–water partition coefficient (Wildman–Crippen LogP) is 6.38. The van der Waals surface area contributed by atoms with Crippen LogP contribution in [0.5, 0.6) is 0 Å². The summed E-state index contributed by atoms with van der Waals surface area (Å²) in [6, 6.07) is 30.4. The lowest BCUT2D eigenvalue weighted by Gasteiger charge is -2.35. The molecule has 1 aromatic heterocycles. The molecule has 0 saturated carbocycles. The van der Waals surface area contributed by atoms with Crippen molar-refractivity contribution in [1.82, 2.24) is 4.98 Å². The van der Waals surface area contributed by atoms with E-state index in [0.717, 1.165) is 18.4 Å². The normalized spacial score (nSPS) is 17.4. The highest BCUT2D eigenvalue weighted by Crippen LogP contribution is 2.40. The molecule has 1 unspecified atom stereocenters. The minimum absolute atomic E-state index is 0.0178. The molecule has 1 aliphatic carbocycles. The average molecular weight is 419 g/mol. The van der Waals surface area contributed by atoms with E-state index in [9.17, 15) is 4.79 Å². The van der Waals surface area contributed by atoms with Gasteiger partial charge in [0.2, 0.25) is 0 Å². The van der Waals surface area contributed by atoms with Crippen LogP contribution in [0.25, 0.3) is 21.5 Å². The quantitative estimate of drug-likeness (QED) is 0.258. The number of rotatable bonds is 2. The van der Waals surface area contributed by atoms with E-state index in [0.29, 0.717) is 12.0 Å². The summed E-state index contributed by atoms with van der Waals surface area (Å²) in [6.07, 6.45) is 6.33. The maximum absolute atomic E-state index is 13.3. The number of Topliss-reactive ketones (excluding diaryl/α,β-unsaturated/α-hetero) is 1. The molecule has 1 atom stereocenters. The van der Waals surface area contributed by atoms with Crippen molar-refractivity contribution in [2.45, 2.75) is 24.8 Å². The van der Waals surface area contributed by atoms with Crippen LogP contribution in [0, 0.1) is 0 Å². The van der Waals surface area contributed by atoms with Crippen LogP contribution in [-0.4, -0.2) is 10.8 Å². The molecule has 1 heterocycles. The first-order valence-corrected chi connectivity index (χ1v) is 11.1. The molecule has 0 aliphatic heterocycles. The maximum atomic E-state index is 13.3. The van der Waals surface area contributed by atoms with Crippen LogP contribution in [0.4, 0.5) is 0 Å². The molecule has 5 aromatic rings. The summed E-state index contributed by atoms with van der Waals surface area (Å²) in [5.41, 5.74) is 8.76. The lowest BCUT2D eigenvalue weighted by Crippen LogP contribution is -2.47. The Morgan fingerprint density at radius 3 is 2.22 bits per heavy atom. The van der Waals surface area contributed by atoms with E-state index in [-0.39, 0.29) is 5.78 Å². The third-order valence-corrected chi connectivity index (χ3v) is 6.45. The van der Waals surface area contributed by atoms with Gasteiger partial charge in [-0.25, -0.2) is 0 Å². The number of nitrogens with two attached hydrogens (primary N) is 1. The summed E-state index contributed by atoms with van der Waals surface area (Å²) in [6.45, 7) is 0. The number of ketones is 1. The SMILES string of the molecule is NC1(C(=O)c2ccccc2)CCCc2c1ccc1c2ccc2ccccc21.c1cc[nH]c1. The topological polar surface area (TPSA) is 58.9 Å². The highest BCUT2D eigenvalue weighted by Gasteiger charge is 2.40. The van der Waals surface area contributed by atoms with Crippen molar-refractivity contribution >= 4 is 27.3 Å². The van der Waals surface area contributed by atoms with Crippen molar-refractivity contribution in [3.05, 3.63) is 120 Å². The average Bonchev–Trinajstić information content (AvgIpc) is 3.44. The van der Waals surface area contributed by atoms with Crippen LogP contribution < -0.4 is 5.73 Å². The number of fused-ring (bicyclic) bond motifs is 5. The molecule has 3 N–H and O–H groups in total. The molecule has 0 saturated heterocycles. The van der Waals surface area contributed by atoms with E-state index in [1.165, 1.54) is 27.1 Å². The first-order chi connectivity index (χ1) is 15.7. The van der Waals surface area contributed by atoms with Crippen LogP contribution in [0.1, 0.15) is 34.3 Å². The Bertz CT molecular complexity index is 1360. The Balaban J connectivity index is 0.000000383. The van der Waals surface area contributed by atoms with Crippen molar-refractivity contribution in [3.8, 4) is 0 Å². The van der Waals surface area contributed by atoms with Crippen molar-refractivity contribution in [2.75, 3.05) is 0 Å². The van der Waals surface area contributed by atoms with E-state index < -0.39 is 5.54 Å². The number of hydrogen-bond acceptors (Lipinski definition) is 2. The maximum Gasteiger partial charge on any atom is 0.187 e. The molecule has 3 heteroatoms. The lowest BCUT2D eigenvalue weighted by molar-refractivity contribution is 0.0869. The Morgan fingerprint density at radius 2 is 1.47 bits per heavy atom. The van der Waals surface area contributed by atoms with Gasteiger partial charge in [0.05, 0.1) is 0 Å². The number of H-pyrrole nitrogens is 1. The summed E-state index contributed by atoms with van der Waals surface area (Å²) in [5, 5.41) is 4.95. The molecule has 0 bridgehead atoms. The zero-order valence-corrected chi connectivity index (χ0v) is 17.9. The second kappa shape index (κ2) is 8.45. The van der Waals surface area contributed by atoms with E-state index in [2.05, 4.69) is 53.5 Å². The molecule has 3 nitrogen and oxygen atoms in total. The molecular weight excluding hydrogens is 392 g/mol. The second-order valence-electron chi connectivity index (χ2n) is 8.38. The molecule has 158 valence electrons. The van der Waals surface area contributed by atoms with Gasteiger partial charge in [-0.3, -0.25) is 4.79 Å². The smallest absolute Gasteiger partial charge is 0.187 e. The van der Waals surface area contributed by atoms with Gasteiger partial charge in [-0.15, -0.1) is 0 Å². The monoisotopic (exact) mass is 418 g/mol. The van der Waals surface area contributed by atoms with Crippen LogP contribution in [0.2, 0.25) is 0 Å². The number of carbonyl (C=O) groups is 1. The molecule has 0 radical (unpaired) electrons. The van der Waals surface area contributed by atoms with Crippen molar-refractivity contribution < 1.29 is 4.79 Å². The number of benzene rings is 4. The third kappa shape index (κ3) is 3.51. The van der Waals surface area contributed by atoms with Gasteiger partial charge in [-0.05, 0) is 64.1 Å². The second-order valence-corrected chi connectivity index (χ2v) is 8.38. The fourth-order valence-electron chi connectivity index (χ4n) is 4.88. The Kier molecular flexibility index (Phi) is 5.34. The van der Waals surface area contributed by atoms with Crippen LogP contribution >= 0.6 is 0 Å². The Hall–Kier alpha value is -3.69. The largest absolute Gasteiger partial charge is 0.368 e. The van der Waals surface area contributed by atoms with E-state index >= 15 is 0 Å². The summed E-state index contributed by atoms with van der Waals surface area (Å²) in [5.74, 6) is 0.0178. The van der Waals surface area contributed by atoms with Gasteiger partial charge < -0.3 is 10.7 Å². The van der Waals surface area contributed by atoms with Gasteiger partial charge in [0.15, 0.2) is 5.78 Å². The number of aromatic nitrogens is 1. The number of nitrogens with one attached hydrogen (secondary N) is 1. The van der Waals surface area contributed by atoms with Gasteiger partial charge in [0, 0.05) is 18.0 Å². The zero-order valence-electron chi connectivity index (χ0n) is 17.9. The van der Waals surface area contributed by atoms with Crippen LogP contribution in [0.3, 0.4) is 0 Å². The number of hydrogen-bond donors (Lipinski definition) is 2. The molecule has 4 aromatic carbocycles. The first-order valence-electron chi connectivity index (χ1n) is 11.1. The first kappa shape index (κ1) is 20.2. The molecule has 0 fully saturated rings. The number of carbonyl (C=O) groups excluding carboxylic acids is 1. The number of aryl methyl sites for hydroxylation is 1. The fraction of sp³-hybridized carbons (Fsp3) is 0.138. The van der Waals surface area contributed by atoms with E-state index in [1.807, 2.05) is 54.9 Å². The van der Waals surface area contributed by atoms with Crippen molar-refractivity contribution in [1.29, 1.82) is 0 Å². The summed E-state index contributed by atoms with van der Waals surface area (Å²) < 4.78 is 0. The van der Waals surface area contributed by atoms with Gasteiger partial charge in [-0.2, -0.15) is 0 Å². The highest BCUT2D eigenvalue weighted by atomic mass is 16.1. The predicted molar refractivity (Wildman–Crippen MR) is 132 cm³/mol. The standard InChI is InChI=1S/C25H21NO.C4H5N/c26-25(24(27)18-8-2-1-3-9-18)16-6-11-22-21-13-12-17-7-4-5-10-19(17)20(21)14-15-23(22)25;1-2-4-5-3-1/h1-5,7-10,12-15H,6,11,16,26H2;1-5H. The lowest BCUT2D eigenvalue weighted by atomic mass is 9.71. The Labute approximate surface area is 187 Å². The highest BCUT2D eigenvalue weighted by molar-refractivity contribution is 6.10. The van der Waals surface area contributed by atoms with Crippen molar-refractivity contribution in [3.63, 3.8) is 0 Å². The molecule has 1 aliphatic rings. The molecule has 0 amide bonds. The van der Waals surface area contributed by atoms with Crippen LogP contribution in [0.15, 0.2) is 103 Å². The van der Waals surface area contributed by atoms with Gasteiger partial charge >= 0.3 is 0 Å². The molecule has 32 heavy (non-hydrogen) atoms. The van der Waals surface area contributed by atoms with Gasteiger partial charge in [-0.1, -0.05) is 78.9 Å². The van der Waals surface area contributed by atoms with Gasteiger partial charge in [0.1, 0.15) is 5.54 Å². The number of aromatic amines is 1. The minimum atomic E-state index is -0.950. The van der Waals surface area contributed by atoms with E-state index in [1.54, 1.807) is 0 Å². The van der Waals surface area contributed by atoms with E-state index in [4.69, 9.17) is 5.73 Å². The molecular formula is C29H26N2O. The fourth-order valence-corrected chi connectivity index (χ4v) is 4.88. The summed E-state index contributed by atoms with van der Waals surface area (Å²) in [7, 11) is 0. The molecule has 0 spiro atoms. The van der Waals surface area contributed by atoms with Crippen LogP contribution in [-0.2, 0) is 12.0 Å². The van der Waals surface area contributed by atoms with Crippen molar-refractivity contribution in [2.24, 2.45) is 5.73 Å². The minimum Gasteiger partial charge on any atom is -0.368 e. The third-order valence-electron chi connectivity index (χ3n) is 6.45.